The first kappa shape index (κ1) is 13.7. The number of nitrogens with zero attached hydrogens (tertiary/aromatic N) is 2. The molecule has 3 rings (SSSR count). The molecule has 1 aliphatic rings. The van der Waals surface area contributed by atoms with E-state index in [4.69, 9.17) is 4.98 Å². The molecule has 0 spiro atoms. The normalized spacial score (nSPS) is 19.6. The SMILES string of the molecule is CNC1CCN(Cc2csc(-c3ccc(C)cc3)n2)C1. The summed E-state index contributed by atoms with van der Waals surface area (Å²) in [5, 5.41) is 6.68. The van der Waals surface area contributed by atoms with E-state index in [1.165, 1.54) is 29.8 Å². The van der Waals surface area contributed by atoms with Crippen molar-refractivity contribution in [3.8, 4) is 10.6 Å². The summed E-state index contributed by atoms with van der Waals surface area (Å²) in [4.78, 5) is 7.26. The predicted molar refractivity (Wildman–Crippen MR) is 85.0 cm³/mol. The van der Waals surface area contributed by atoms with Gasteiger partial charge in [0.05, 0.1) is 5.69 Å². The van der Waals surface area contributed by atoms with Crippen LogP contribution in [0.5, 0.6) is 0 Å². The summed E-state index contributed by atoms with van der Waals surface area (Å²) in [5.74, 6) is 0. The highest BCUT2D eigenvalue weighted by atomic mass is 32.1. The van der Waals surface area contributed by atoms with Crippen LogP contribution in [0.3, 0.4) is 0 Å². The van der Waals surface area contributed by atoms with Gasteiger partial charge in [0.1, 0.15) is 5.01 Å². The van der Waals surface area contributed by atoms with Gasteiger partial charge in [0.25, 0.3) is 0 Å². The standard InChI is InChI=1S/C16H21N3S/c1-12-3-5-13(6-4-12)16-18-15(11-20-16)10-19-8-7-14(9-19)17-2/h3-6,11,14,17H,7-10H2,1-2H3. The van der Waals surface area contributed by atoms with Gasteiger partial charge in [-0.3, -0.25) is 4.90 Å². The van der Waals surface area contributed by atoms with Crippen molar-refractivity contribution in [3.05, 3.63) is 40.9 Å². The molecule has 0 saturated carbocycles. The number of aromatic nitrogens is 1. The second-order valence-corrected chi connectivity index (χ2v) is 6.38. The molecule has 106 valence electrons. The van der Waals surface area contributed by atoms with E-state index in [0.717, 1.165) is 18.1 Å². The second-order valence-electron chi connectivity index (χ2n) is 5.52. The number of nitrogens with one attached hydrogen (secondary N) is 1. The molecule has 4 heteroatoms. The first-order valence-electron chi connectivity index (χ1n) is 7.15. The van der Waals surface area contributed by atoms with Crippen molar-refractivity contribution in [3.63, 3.8) is 0 Å². The summed E-state index contributed by atoms with van der Waals surface area (Å²) in [6.07, 6.45) is 1.24. The van der Waals surface area contributed by atoms with E-state index in [1.807, 2.05) is 7.05 Å². The molecule has 2 aromatic rings. The summed E-state index contributed by atoms with van der Waals surface area (Å²) in [7, 11) is 2.05. The summed E-state index contributed by atoms with van der Waals surface area (Å²) in [6, 6.07) is 9.25. The minimum atomic E-state index is 0.644. The first-order valence-corrected chi connectivity index (χ1v) is 8.03. The maximum atomic E-state index is 4.78. The van der Waals surface area contributed by atoms with Gasteiger partial charge < -0.3 is 5.32 Å². The third kappa shape index (κ3) is 3.08. The van der Waals surface area contributed by atoms with Crippen LogP contribution in [0.2, 0.25) is 0 Å². The van der Waals surface area contributed by atoms with E-state index in [-0.39, 0.29) is 0 Å². The molecular formula is C16H21N3S. The fraction of sp³-hybridized carbons (Fsp3) is 0.438. The molecular weight excluding hydrogens is 266 g/mol. The van der Waals surface area contributed by atoms with Gasteiger partial charge in [0.15, 0.2) is 0 Å². The van der Waals surface area contributed by atoms with Gasteiger partial charge in [-0.2, -0.15) is 0 Å². The van der Waals surface area contributed by atoms with Crippen LogP contribution in [0.15, 0.2) is 29.6 Å². The van der Waals surface area contributed by atoms with Gasteiger partial charge in [0, 0.05) is 36.6 Å². The summed E-state index contributed by atoms with van der Waals surface area (Å²) in [6.45, 7) is 5.39. The monoisotopic (exact) mass is 287 g/mol. The fourth-order valence-electron chi connectivity index (χ4n) is 2.65. The van der Waals surface area contributed by atoms with E-state index >= 15 is 0 Å². The number of thiazole rings is 1. The molecule has 20 heavy (non-hydrogen) atoms. The van der Waals surface area contributed by atoms with Crippen molar-refractivity contribution >= 4 is 11.3 Å². The number of rotatable bonds is 4. The van der Waals surface area contributed by atoms with Crippen molar-refractivity contribution in [2.75, 3.05) is 20.1 Å². The Morgan fingerprint density at radius 2 is 2.15 bits per heavy atom. The number of likely N-dealkylation sites (tertiary alicyclic amines) is 1. The van der Waals surface area contributed by atoms with Crippen molar-refractivity contribution in [1.29, 1.82) is 0 Å². The van der Waals surface area contributed by atoms with Gasteiger partial charge in [-0.1, -0.05) is 29.8 Å². The van der Waals surface area contributed by atoms with E-state index in [9.17, 15) is 0 Å². The molecule has 1 saturated heterocycles. The molecule has 1 aliphatic heterocycles. The molecule has 0 aliphatic carbocycles. The van der Waals surface area contributed by atoms with Crippen LogP contribution in [0.25, 0.3) is 10.6 Å². The van der Waals surface area contributed by atoms with E-state index < -0.39 is 0 Å². The van der Waals surface area contributed by atoms with Gasteiger partial charge >= 0.3 is 0 Å². The van der Waals surface area contributed by atoms with Crippen molar-refractivity contribution < 1.29 is 0 Å². The Balaban J connectivity index is 1.66. The lowest BCUT2D eigenvalue weighted by molar-refractivity contribution is 0.319. The Labute approximate surface area is 124 Å². The van der Waals surface area contributed by atoms with Crippen LogP contribution in [0, 0.1) is 6.92 Å². The van der Waals surface area contributed by atoms with E-state index in [1.54, 1.807) is 11.3 Å². The number of hydrogen-bond acceptors (Lipinski definition) is 4. The molecule has 0 amide bonds. The van der Waals surface area contributed by atoms with E-state index in [2.05, 4.69) is 46.8 Å². The summed E-state index contributed by atoms with van der Waals surface area (Å²) in [5.41, 5.74) is 3.71. The Morgan fingerprint density at radius 1 is 1.35 bits per heavy atom. The van der Waals surface area contributed by atoms with Gasteiger partial charge in [-0.25, -0.2) is 4.98 Å². The van der Waals surface area contributed by atoms with Gasteiger partial charge in [0.2, 0.25) is 0 Å². The smallest absolute Gasteiger partial charge is 0.123 e. The molecule has 1 aromatic carbocycles. The maximum Gasteiger partial charge on any atom is 0.123 e. The summed E-state index contributed by atoms with van der Waals surface area (Å²) < 4.78 is 0. The van der Waals surface area contributed by atoms with Gasteiger partial charge in [-0.05, 0) is 20.4 Å². The molecule has 0 radical (unpaired) electrons. The zero-order valence-electron chi connectivity index (χ0n) is 12.1. The lowest BCUT2D eigenvalue weighted by Crippen LogP contribution is -2.29. The van der Waals surface area contributed by atoms with Crippen molar-refractivity contribution in [1.82, 2.24) is 15.2 Å². The molecule has 0 bridgehead atoms. The van der Waals surface area contributed by atoms with Crippen LogP contribution < -0.4 is 5.32 Å². The predicted octanol–water partition coefficient (Wildman–Crippen LogP) is 2.91. The van der Waals surface area contributed by atoms with Crippen LogP contribution in [0.4, 0.5) is 0 Å². The lowest BCUT2D eigenvalue weighted by atomic mass is 10.2. The minimum absolute atomic E-state index is 0.644. The average Bonchev–Trinajstić information content (AvgIpc) is 3.09. The second kappa shape index (κ2) is 6.04. The third-order valence-electron chi connectivity index (χ3n) is 3.92. The molecule has 1 unspecified atom stereocenters. The largest absolute Gasteiger partial charge is 0.316 e. The Morgan fingerprint density at radius 3 is 2.85 bits per heavy atom. The third-order valence-corrected chi connectivity index (χ3v) is 4.86. The molecule has 1 fully saturated rings. The lowest BCUT2D eigenvalue weighted by Gasteiger charge is -2.13. The van der Waals surface area contributed by atoms with Crippen LogP contribution >= 0.6 is 11.3 Å². The Kier molecular flexibility index (Phi) is 4.15. The maximum absolute atomic E-state index is 4.78. The highest BCUT2D eigenvalue weighted by Crippen LogP contribution is 2.25. The zero-order valence-corrected chi connectivity index (χ0v) is 12.9. The number of aryl methyl sites for hydroxylation is 1. The van der Waals surface area contributed by atoms with Crippen LogP contribution in [-0.4, -0.2) is 36.1 Å². The first-order chi connectivity index (χ1) is 9.74. The fourth-order valence-corrected chi connectivity index (χ4v) is 3.47. The number of benzene rings is 1. The molecule has 1 N–H and O–H groups in total. The van der Waals surface area contributed by atoms with E-state index in [0.29, 0.717) is 6.04 Å². The number of likely N-dealkylation sites (N-methyl/N-ethyl adjacent to an activating group) is 1. The van der Waals surface area contributed by atoms with Crippen molar-refractivity contribution in [2.45, 2.75) is 25.9 Å². The highest BCUT2D eigenvalue weighted by molar-refractivity contribution is 7.13. The average molecular weight is 287 g/mol. The number of hydrogen-bond donors (Lipinski definition) is 1. The highest BCUT2D eigenvalue weighted by Gasteiger charge is 2.21. The quantitative estimate of drug-likeness (QED) is 0.937. The molecule has 1 atom stereocenters. The molecule has 1 aromatic heterocycles. The summed E-state index contributed by atoms with van der Waals surface area (Å²) >= 11 is 1.75. The van der Waals surface area contributed by atoms with Gasteiger partial charge in [-0.15, -0.1) is 11.3 Å². The topological polar surface area (TPSA) is 28.2 Å². The van der Waals surface area contributed by atoms with Crippen LogP contribution in [0.1, 0.15) is 17.7 Å². The molecule has 2 heterocycles. The zero-order chi connectivity index (χ0) is 13.9. The van der Waals surface area contributed by atoms with Crippen LogP contribution in [-0.2, 0) is 6.54 Å². The molecule has 3 nitrogen and oxygen atoms in total. The van der Waals surface area contributed by atoms with Crippen molar-refractivity contribution in [2.24, 2.45) is 0 Å². The minimum Gasteiger partial charge on any atom is -0.316 e. The Hall–Kier alpha value is -1.23. The Bertz CT molecular complexity index is 561.